The van der Waals surface area contributed by atoms with Gasteiger partial charge in [0.05, 0.1) is 43.0 Å². The maximum atomic E-state index is 17.3. The van der Waals surface area contributed by atoms with E-state index in [2.05, 4.69) is 16.8 Å². The molecule has 5 aliphatic heterocycles. The van der Waals surface area contributed by atoms with E-state index in [-0.39, 0.29) is 63.7 Å². The van der Waals surface area contributed by atoms with E-state index in [1.807, 2.05) is 11.8 Å². The van der Waals surface area contributed by atoms with Crippen LogP contribution in [0.4, 0.5) is 14.6 Å². The van der Waals surface area contributed by atoms with Gasteiger partial charge in [-0.3, -0.25) is 9.88 Å². The van der Waals surface area contributed by atoms with E-state index in [0.29, 0.717) is 59.8 Å². The lowest BCUT2D eigenvalue weighted by Gasteiger charge is -2.54. The molecule has 7 heterocycles. The molecule has 7 aliphatic rings. The minimum Gasteiger partial charge on any atom is -0.508 e. The van der Waals surface area contributed by atoms with Crippen molar-refractivity contribution in [3.8, 4) is 23.0 Å². The van der Waals surface area contributed by atoms with Crippen LogP contribution in [0.15, 0.2) is 30.5 Å². The number of aromatic nitrogens is 3. The van der Waals surface area contributed by atoms with Crippen molar-refractivity contribution in [3.63, 3.8) is 0 Å². The van der Waals surface area contributed by atoms with Crippen LogP contribution in [-0.4, -0.2) is 112 Å². The standard InChI is InChI=1S/C45H55F2N5O6/c1-4-30-33(46)9-8-28-19-29(53)20-31(35(28)30)37-36(47)38-32(21-48-37)39(52-15-18-56-26-41(2,54)24-52)50-40(49-38)57-27-43-10-5-7-34(43)51(14-6-11-43)25-44-22-42(3,23-44)58-45(44)12-16-55-17-13-45/h8-9,19-21,34,53-54H,4-7,10-18,22-27H2,1-3H3. The zero-order chi connectivity index (χ0) is 40.1. The highest BCUT2D eigenvalue weighted by atomic mass is 19.1. The number of fused-ring (bicyclic) bond motifs is 3. The number of nitrogens with zero attached hydrogens (tertiary/aromatic N) is 5. The van der Waals surface area contributed by atoms with Crippen LogP contribution in [0.1, 0.15) is 84.1 Å². The monoisotopic (exact) mass is 799 g/mol. The predicted molar refractivity (Wildman–Crippen MR) is 215 cm³/mol. The number of rotatable bonds is 8. The largest absolute Gasteiger partial charge is 0.508 e. The molecule has 2 aromatic carbocycles. The molecule has 0 amide bonds. The second-order valence-electron chi connectivity index (χ2n) is 18.9. The number of hydrogen-bond donors (Lipinski definition) is 2. The number of anilines is 1. The smallest absolute Gasteiger partial charge is 0.319 e. The number of phenols is 1. The van der Waals surface area contributed by atoms with Crippen LogP contribution in [-0.2, 0) is 20.6 Å². The van der Waals surface area contributed by atoms with E-state index in [9.17, 15) is 10.2 Å². The number of ether oxygens (including phenoxy) is 4. The van der Waals surface area contributed by atoms with Gasteiger partial charge in [0, 0.05) is 67.8 Å². The normalized spacial score (nSPS) is 32.1. The summed E-state index contributed by atoms with van der Waals surface area (Å²) in [7, 11) is 0. The second-order valence-corrected chi connectivity index (χ2v) is 18.9. The van der Waals surface area contributed by atoms with Crippen molar-refractivity contribution >= 4 is 27.5 Å². The summed E-state index contributed by atoms with van der Waals surface area (Å²) in [6.45, 7) is 10.9. The van der Waals surface area contributed by atoms with Crippen molar-refractivity contribution in [1.29, 1.82) is 0 Å². The Balaban J connectivity index is 1.02. The molecular weight excluding hydrogens is 745 g/mol. The number of phenolic OH excluding ortho intramolecular Hbond substituents is 1. The van der Waals surface area contributed by atoms with Crippen molar-refractivity contribution in [2.45, 2.75) is 108 Å². The van der Waals surface area contributed by atoms with E-state index in [0.717, 1.165) is 84.1 Å². The van der Waals surface area contributed by atoms with Crippen molar-refractivity contribution in [3.05, 3.63) is 47.7 Å². The highest BCUT2D eigenvalue weighted by molar-refractivity contribution is 6.01. The van der Waals surface area contributed by atoms with Gasteiger partial charge in [-0.1, -0.05) is 19.4 Å². The number of β-amino-alcohol motifs (C(OH)–C–C–N with tert-alkyl or cyclic N) is 1. The fraction of sp³-hybridized carbons (Fsp3) is 0.622. The molecule has 2 N–H and O–H groups in total. The molecule has 310 valence electrons. The highest BCUT2D eigenvalue weighted by Crippen LogP contribution is 2.69. The minimum absolute atomic E-state index is 0.00150. The zero-order valence-electron chi connectivity index (χ0n) is 33.9. The molecule has 2 saturated carbocycles. The Labute approximate surface area is 338 Å². The summed E-state index contributed by atoms with van der Waals surface area (Å²) in [6, 6.07) is 6.33. The highest BCUT2D eigenvalue weighted by Gasteiger charge is 2.73. The van der Waals surface area contributed by atoms with Gasteiger partial charge in [0.2, 0.25) is 0 Å². The van der Waals surface area contributed by atoms with Gasteiger partial charge in [-0.25, -0.2) is 8.78 Å². The van der Waals surface area contributed by atoms with Crippen LogP contribution in [0, 0.1) is 22.5 Å². The number of likely N-dealkylation sites (tertiary alicyclic amines) is 1. The summed E-state index contributed by atoms with van der Waals surface area (Å²) in [4.78, 5) is 19.0. The zero-order valence-corrected chi connectivity index (χ0v) is 33.9. The average Bonchev–Trinajstić information content (AvgIpc) is 3.73. The molecular formula is C45H55F2N5O6. The molecule has 7 fully saturated rings. The van der Waals surface area contributed by atoms with Gasteiger partial charge in [0.1, 0.15) is 34.2 Å². The molecule has 2 aliphatic carbocycles. The average molecular weight is 800 g/mol. The van der Waals surface area contributed by atoms with Crippen molar-refractivity contribution in [2.75, 3.05) is 64.1 Å². The number of benzene rings is 2. The quantitative estimate of drug-likeness (QED) is 0.190. The molecule has 3 unspecified atom stereocenters. The summed E-state index contributed by atoms with van der Waals surface area (Å²) >= 11 is 0. The van der Waals surface area contributed by atoms with Gasteiger partial charge in [0.15, 0.2) is 5.82 Å². The molecule has 0 radical (unpaired) electrons. The van der Waals surface area contributed by atoms with Crippen molar-refractivity contribution < 1.29 is 37.9 Å². The Morgan fingerprint density at radius 2 is 1.79 bits per heavy atom. The van der Waals surface area contributed by atoms with Crippen LogP contribution in [0.2, 0.25) is 0 Å². The van der Waals surface area contributed by atoms with Gasteiger partial charge in [-0.15, -0.1) is 0 Å². The maximum absolute atomic E-state index is 17.3. The lowest BCUT2D eigenvalue weighted by atomic mass is 9.54. The van der Waals surface area contributed by atoms with Crippen LogP contribution < -0.4 is 9.64 Å². The Kier molecular flexibility index (Phi) is 9.22. The third kappa shape index (κ3) is 6.16. The molecule has 1 spiro atoms. The van der Waals surface area contributed by atoms with E-state index in [1.165, 1.54) is 18.3 Å². The van der Waals surface area contributed by atoms with Crippen LogP contribution >= 0.6 is 0 Å². The second kappa shape index (κ2) is 13.9. The number of piperidine rings is 1. The molecule has 2 bridgehead atoms. The number of aryl methyl sites for hydroxylation is 1. The predicted octanol–water partition coefficient (Wildman–Crippen LogP) is 7.11. The molecule has 2 aromatic heterocycles. The van der Waals surface area contributed by atoms with Crippen LogP contribution in [0.3, 0.4) is 0 Å². The first kappa shape index (κ1) is 38.5. The summed E-state index contributed by atoms with van der Waals surface area (Å²) in [6.07, 6.45) is 11.4. The Hall–Kier alpha value is -3.75. The van der Waals surface area contributed by atoms with Crippen molar-refractivity contribution in [2.24, 2.45) is 10.8 Å². The van der Waals surface area contributed by atoms with Crippen LogP contribution in [0.25, 0.3) is 32.9 Å². The maximum Gasteiger partial charge on any atom is 0.319 e. The summed E-state index contributed by atoms with van der Waals surface area (Å²) < 4.78 is 57.6. The summed E-state index contributed by atoms with van der Waals surface area (Å²) in [5.74, 6) is -0.825. The van der Waals surface area contributed by atoms with Gasteiger partial charge < -0.3 is 34.1 Å². The SMILES string of the molecule is CCc1c(F)ccc2cc(O)cc(-c3ncc4c(N5CCOCC(C)(O)C5)nc(OCC56CCCC5N(CC57CC(C)(C5)OC75CCOCC5)CCC6)nc4c3F)c12. The topological polar surface area (TPSA) is 123 Å². The molecule has 58 heavy (non-hydrogen) atoms. The first-order chi connectivity index (χ1) is 27.9. The van der Waals surface area contributed by atoms with Gasteiger partial charge in [-0.2, -0.15) is 9.97 Å². The van der Waals surface area contributed by atoms with E-state index in [4.69, 9.17) is 28.9 Å². The first-order valence-corrected chi connectivity index (χ1v) is 21.4. The lowest BCUT2D eigenvalue weighted by Crippen LogP contribution is -2.61. The van der Waals surface area contributed by atoms with E-state index in [1.54, 1.807) is 19.1 Å². The fourth-order valence-corrected chi connectivity index (χ4v) is 12.5. The number of aliphatic hydroxyl groups is 1. The number of hydrogen-bond acceptors (Lipinski definition) is 11. The first-order valence-electron chi connectivity index (χ1n) is 21.4. The molecule has 13 heteroatoms. The molecule has 11 rings (SSSR count). The van der Waals surface area contributed by atoms with Gasteiger partial charge in [-0.05, 0) is 99.9 Å². The number of aromatic hydroxyl groups is 1. The summed E-state index contributed by atoms with van der Waals surface area (Å²) in [5, 5.41) is 23.4. The number of pyridine rings is 1. The molecule has 4 aromatic rings. The van der Waals surface area contributed by atoms with Crippen LogP contribution in [0.5, 0.6) is 11.8 Å². The van der Waals surface area contributed by atoms with Gasteiger partial charge >= 0.3 is 6.01 Å². The Morgan fingerprint density at radius 1 is 0.983 bits per heavy atom. The lowest BCUT2D eigenvalue weighted by molar-refractivity contribution is -0.123. The minimum atomic E-state index is -1.19. The molecule has 5 saturated heterocycles. The summed E-state index contributed by atoms with van der Waals surface area (Å²) in [5.41, 5.74) is -0.666. The Morgan fingerprint density at radius 3 is 2.60 bits per heavy atom. The number of halogens is 2. The van der Waals surface area contributed by atoms with Crippen molar-refractivity contribution in [1.82, 2.24) is 19.9 Å². The van der Waals surface area contributed by atoms with Gasteiger partial charge in [0.25, 0.3) is 0 Å². The fourth-order valence-electron chi connectivity index (χ4n) is 12.5. The van der Waals surface area contributed by atoms with E-state index < -0.39 is 17.2 Å². The third-order valence-electron chi connectivity index (χ3n) is 14.7. The Bertz CT molecular complexity index is 2260. The third-order valence-corrected chi connectivity index (χ3v) is 14.7. The van der Waals surface area contributed by atoms with E-state index >= 15 is 8.78 Å². The molecule has 11 nitrogen and oxygen atoms in total. The molecule has 3 atom stereocenters.